The van der Waals surface area contributed by atoms with E-state index >= 15 is 0 Å². The molecular weight excluding hydrogens is 646 g/mol. The normalized spacial score (nSPS) is 19.2. The number of rotatable bonds is 11. The lowest BCUT2D eigenvalue weighted by Gasteiger charge is -2.38. The third kappa shape index (κ3) is 6.39. The average Bonchev–Trinajstić information content (AvgIpc) is 3.38. The Kier molecular flexibility index (Phi) is 10.1. The number of nitrogens with one attached hydrogen (secondary N) is 2. The second kappa shape index (κ2) is 14.1. The fourth-order valence-electron chi connectivity index (χ4n) is 5.98. The van der Waals surface area contributed by atoms with Crippen LogP contribution in [0.15, 0.2) is 71.0 Å². The van der Waals surface area contributed by atoms with Gasteiger partial charge in [-0.05, 0) is 36.1 Å². The molecule has 3 aromatic rings. The lowest BCUT2D eigenvalue weighted by Crippen LogP contribution is -2.53. The van der Waals surface area contributed by atoms with Crippen molar-refractivity contribution >= 4 is 52.6 Å². The highest BCUT2D eigenvalue weighted by Gasteiger charge is 2.61. The van der Waals surface area contributed by atoms with E-state index in [4.69, 9.17) is 25.8 Å². The fraction of sp³-hybridized carbons (Fsp3) is 0.324. The molecule has 0 bridgehead atoms. The van der Waals surface area contributed by atoms with E-state index in [0.29, 0.717) is 11.4 Å². The van der Waals surface area contributed by atoms with E-state index in [-0.39, 0.29) is 65.1 Å². The molecule has 1 aliphatic heterocycles. The van der Waals surface area contributed by atoms with Crippen LogP contribution in [0.4, 0.5) is 5.82 Å². The number of hydrogen-bond acceptors (Lipinski definition) is 10. The SMILES string of the molecule is COc1cc(OC)c2c(c1Cl)O[C@]1(C2=O)C(O)=C(C(CC(=O)NCCC(=O)Nc2ccccn2)c2ccc(SC)cc2)C(=O)C[C@H]1C. The number of aliphatic hydroxyl groups is 1. The second-order valence-corrected chi connectivity index (χ2v) is 12.4. The zero-order chi connectivity index (χ0) is 33.9. The molecule has 0 radical (unpaired) electrons. The van der Waals surface area contributed by atoms with Crippen molar-refractivity contribution < 1.29 is 38.5 Å². The number of thioether (sulfide) groups is 1. The summed E-state index contributed by atoms with van der Waals surface area (Å²) in [6, 6.07) is 13.8. The van der Waals surface area contributed by atoms with Crippen LogP contribution < -0.4 is 24.8 Å². The molecule has 11 nitrogen and oxygen atoms in total. The van der Waals surface area contributed by atoms with Crippen LogP contribution >= 0.6 is 23.4 Å². The Morgan fingerprint density at radius 2 is 1.85 bits per heavy atom. The molecule has 1 spiro atoms. The molecule has 2 heterocycles. The molecule has 2 amide bonds. The summed E-state index contributed by atoms with van der Waals surface area (Å²) in [6.07, 6.45) is 3.05. The van der Waals surface area contributed by atoms with Gasteiger partial charge in [-0.2, -0.15) is 0 Å². The molecule has 3 N–H and O–H groups in total. The fourth-order valence-corrected chi connectivity index (χ4v) is 6.65. The first-order valence-corrected chi connectivity index (χ1v) is 16.4. The van der Waals surface area contributed by atoms with Crippen LogP contribution in [0.25, 0.3) is 0 Å². The van der Waals surface area contributed by atoms with Gasteiger partial charge in [-0.15, -0.1) is 11.8 Å². The Balaban J connectivity index is 1.48. The number of allylic oxidation sites excluding steroid dienone is 1. The number of amides is 2. The van der Waals surface area contributed by atoms with E-state index in [1.165, 1.54) is 32.0 Å². The number of hydrogen-bond donors (Lipinski definition) is 3. The van der Waals surface area contributed by atoms with E-state index < -0.39 is 40.7 Å². The van der Waals surface area contributed by atoms with Crippen LogP contribution in [-0.2, 0) is 14.4 Å². The third-order valence-electron chi connectivity index (χ3n) is 8.37. The van der Waals surface area contributed by atoms with Gasteiger partial charge in [-0.1, -0.05) is 36.7 Å². The van der Waals surface area contributed by atoms with Gasteiger partial charge in [0.05, 0.1) is 14.2 Å². The molecule has 1 unspecified atom stereocenters. The summed E-state index contributed by atoms with van der Waals surface area (Å²) >= 11 is 8.10. The second-order valence-electron chi connectivity index (χ2n) is 11.1. The van der Waals surface area contributed by atoms with Gasteiger partial charge in [-0.25, -0.2) is 4.98 Å². The number of Topliss-reactive ketones (excluding diaryl/α,β-unsaturated/α-hetero) is 2. The number of fused-ring (bicyclic) bond motifs is 1. The Hall–Kier alpha value is -4.55. The minimum Gasteiger partial charge on any atom is -0.507 e. The predicted molar refractivity (Wildman–Crippen MR) is 177 cm³/mol. The standard InChI is InChI=1S/C34H34ClN3O8S/c1-18-15-22(39)28(32(42)34(18)33(43)29-23(44-2)17-24(45-3)30(35)31(29)46-34)21(19-8-10-20(47-4)11-9-19)16-27(41)37-14-12-26(40)38-25-7-5-6-13-36-25/h5-11,13,17-18,21,42H,12,14-16H2,1-4H3,(H,37,41)(H,36,38,40)/t18-,21?,34+/m1/s1. The van der Waals surface area contributed by atoms with Crippen molar-refractivity contribution in [3.05, 3.63) is 82.2 Å². The molecular formula is C34H34ClN3O8S. The van der Waals surface area contributed by atoms with E-state index in [2.05, 4.69) is 15.6 Å². The molecule has 0 saturated carbocycles. The number of anilines is 1. The number of benzene rings is 2. The molecule has 5 rings (SSSR count). The topological polar surface area (TPSA) is 153 Å². The molecule has 0 saturated heterocycles. The first-order chi connectivity index (χ1) is 22.5. The van der Waals surface area contributed by atoms with Crippen molar-refractivity contribution in [3.63, 3.8) is 0 Å². The van der Waals surface area contributed by atoms with Gasteiger partial charge in [0.15, 0.2) is 17.3 Å². The smallest absolute Gasteiger partial charge is 0.231 e. The Bertz CT molecular complexity index is 1750. The van der Waals surface area contributed by atoms with Gasteiger partial charge >= 0.3 is 0 Å². The summed E-state index contributed by atoms with van der Waals surface area (Å²) in [4.78, 5) is 58.7. The summed E-state index contributed by atoms with van der Waals surface area (Å²) in [6.45, 7) is 1.66. The van der Waals surface area contributed by atoms with Crippen LogP contribution in [0, 0.1) is 5.92 Å². The number of aromatic nitrogens is 1. The summed E-state index contributed by atoms with van der Waals surface area (Å²) in [7, 11) is 2.78. The van der Waals surface area contributed by atoms with Crippen molar-refractivity contribution in [2.75, 3.05) is 32.3 Å². The highest BCUT2D eigenvalue weighted by Crippen LogP contribution is 2.55. The first-order valence-electron chi connectivity index (χ1n) is 14.8. The van der Waals surface area contributed by atoms with Crippen molar-refractivity contribution in [1.82, 2.24) is 10.3 Å². The van der Waals surface area contributed by atoms with Gasteiger partial charge in [0.25, 0.3) is 0 Å². The maximum absolute atomic E-state index is 14.2. The molecule has 3 atom stereocenters. The minimum atomic E-state index is -1.99. The number of ketones is 2. The minimum absolute atomic E-state index is 0.0163. The van der Waals surface area contributed by atoms with E-state index in [0.717, 1.165) is 4.90 Å². The summed E-state index contributed by atoms with van der Waals surface area (Å²) in [5, 5.41) is 17.4. The number of halogens is 1. The molecule has 1 aromatic heterocycles. The number of carbonyl (C=O) groups is 4. The van der Waals surface area contributed by atoms with Gasteiger partial charge in [0, 0.05) is 60.4 Å². The third-order valence-corrected chi connectivity index (χ3v) is 9.48. The van der Waals surface area contributed by atoms with Gasteiger partial charge in [0.1, 0.15) is 27.9 Å². The predicted octanol–water partition coefficient (Wildman–Crippen LogP) is 5.53. The number of ether oxygens (including phenoxy) is 3. The number of pyridine rings is 1. The van der Waals surface area contributed by atoms with Crippen LogP contribution in [0.2, 0.25) is 5.02 Å². The largest absolute Gasteiger partial charge is 0.507 e. The zero-order valence-electron chi connectivity index (χ0n) is 26.2. The van der Waals surface area contributed by atoms with Crippen LogP contribution in [-0.4, -0.2) is 66.1 Å². The first kappa shape index (κ1) is 33.8. The van der Waals surface area contributed by atoms with Crippen molar-refractivity contribution in [1.29, 1.82) is 0 Å². The number of nitrogens with zero attached hydrogens (tertiary/aromatic N) is 1. The molecule has 2 aliphatic rings. The van der Waals surface area contributed by atoms with E-state index in [1.54, 1.807) is 43.5 Å². The number of methoxy groups -OCH3 is 2. The maximum atomic E-state index is 14.2. The molecule has 47 heavy (non-hydrogen) atoms. The Morgan fingerprint density at radius 3 is 2.49 bits per heavy atom. The van der Waals surface area contributed by atoms with Gasteiger partial charge in [0.2, 0.25) is 23.2 Å². The van der Waals surface area contributed by atoms with Crippen LogP contribution in [0.1, 0.15) is 48.0 Å². The Labute approximate surface area is 281 Å². The van der Waals surface area contributed by atoms with Crippen molar-refractivity contribution in [2.24, 2.45) is 5.92 Å². The number of aliphatic hydroxyl groups excluding tert-OH is 1. The summed E-state index contributed by atoms with van der Waals surface area (Å²) < 4.78 is 17.1. The molecule has 0 fully saturated rings. The van der Waals surface area contributed by atoms with E-state index in [1.807, 2.05) is 18.4 Å². The number of carbonyl (C=O) groups excluding carboxylic acids is 4. The van der Waals surface area contributed by atoms with Crippen molar-refractivity contribution in [2.45, 2.75) is 42.6 Å². The molecule has 2 aromatic carbocycles. The lowest BCUT2D eigenvalue weighted by atomic mass is 9.69. The molecule has 1 aliphatic carbocycles. The molecule has 246 valence electrons. The maximum Gasteiger partial charge on any atom is 0.231 e. The Morgan fingerprint density at radius 1 is 1.13 bits per heavy atom. The van der Waals surface area contributed by atoms with E-state index in [9.17, 15) is 24.3 Å². The quantitative estimate of drug-likeness (QED) is 0.221. The highest BCUT2D eigenvalue weighted by atomic mass is 35.5. The lowest BCUT2D eigenvalue weighted by molar-refractivity contribution is -0.121. The van der Waals surface area contributed by atoms with Gasteiger partial charge < -0.3 is 30.0 Å². The summed E-state index contributed by atoms with van der Waals surface area (Å²) in [5.41, 5.74) is -1.50. The summed E-state index contributed by atoms with van der Waals surface area (Å²) in [5.74, 6) is -3.47. The highest BCUT2D eigenvalue weighted by molar-refractivity contribution is 7.98. The van der Waals surface area contributed by atoms with Crippen LogP contribution in [0.5, 0.6) is 17.2 Å². The van der Waals surface area contributed by atoms with Crippen LogP contribution in [0.3, 0.4) is 0 Å². The van der Waals surface area contributed by atoms with Gasteiger partial charge in [-0.3, -0.25) is 19.2 Å². The monoisotopic (exact) mass is 679 g/mol. The molecule has 13 heteroatoms. The zero-order valence-corrected chi connectivity index (χ0v) is 27.8. The van der Waals surface area contributed by atoms with Crippen molar-refractivity contribution in [3.8, 4) is 17.2 Å². The average molecular weight is 680 g/mol.